The van der Waals surface area contributed by atoms with E-state index in [4.69, 9.17) is 0 Å². The monoisotopic (exact) mass is 397 g/mol. The van der Waals surface area contributed by atoms with Crippen LogP contribution in [0.15, 0.2) is 53.9 Å². The molecule has 0 aliphatic rings. The van der Waals surface area contributed by atoms with Crippen LogP contribution in [0.2, 0.25) is 0 Å². The first kappa shape index (κ1) is 20.2. The van der Waals surface area contributed by atoms with Gasteiger partial charge in [-0.2, -0.15) is 0 Å². The van der Waals surface area contributed by atoms with Crippen LogP contribution >= 0.6 is 11.3 Å². The van der Waals surface area contributed by atoms with Gasteiger partial charge in [-0.05, 0) is 42.0 Å². The largest absolute Gasteiger partial charge is 0.322 e. The number of rotatable bonds is 6. The summed E-state index contributed by atoms with van der Waals surface area (Å²) >= 11 is 1.69. The second kappa shape index (κ2) is 8.63. The minimum atomic E-state index is -0.362. The maximum absolute atomic E-state index is 13.0. The lowest BCUT2D eigenvalue weighted by Crippen LogP contribution is -2.15. The average Bonchev–Trinajstić information content (AvgIpc) is 3.12. The number of carbonyl (C=O) groups is 1. The molecule has 3 rings (SSSR count). The van der Waals surface area contributed by atoms with E-state index in [9.17, 15) is 9.18 Å². The number of thiazole rings is 1. The minimum absolute atomic E-state index is 0.0694. The third kappa shape index (κ3) is 5.47. The Labute approximate surface area is 168 Å². The fourth-order valence-corrected chi connectivity index (χ4v) is 3.54. The first-order valence-electron chi connectivity index (χ1n) is 9.13. The quantitative estimate of drug-likeness (QED) is 0.607. The van der Waals surface area contributed by atoms with Crippen molar-refractivity contribution in [2.24, 2.45) is 0 Å². The molecule has 0 radical (unpaired) electrons. The van der Waals surface area contributed by atoms with E-state index < -0.39 is 0 Å². The predicted octanol–water partition coefficient (Wildman–Crippen LogP) is 5.12. The van der Waals surface area contributed by atoms with Crippen molar-refractivity contribution >= 4 is 22.9 Å². The van der Waals surface area contributed by atoms with Crippen LogP contribution in [0.3, 0.4) is 0 Å². The standard InChI is InChI=1S/C22H24FN3OS/c1-22(2,3)21-26-19(14-28-21)13-24-12-15-5-4-6-18(11-15)25-20(27)16-7-9-17(23)10-8-16/h4-11,14,24H,12-13H2,1-3H3,(H,25,27). The fraction of sp³-hybridized carbons (Fsp3) is 0.273. The number of amides is 1. The highest BCUT2D eigenvalue weighted by Crippen LogP contribution is 2.25. The van der Waals surface area contributed by atoms with Crippen molar-refractivity contribution in [1.82, 2.24) is 10.3 Å². The van der Waals surface area contributed by atoms with Gasteiger partial charge in [-0.1, -0.05) is 32.9 Å². The zero-order valence-corrected chi connectivity index (χ0v) is 17.1. The van der Waals surface area contributed by atoms with Gasteiger partial charge >= 0.3 is 0 Å². The number of nitrogens with zero attached hydrogens (tertiary/aromatic N) is 1. The molecule has 0 spiro atoms. The molecule has 2 aromatic carbocycles. The molecule has 0 atom stereocenters. The summed E-state index contributed by atoms with van der Waals surface area (Å²) in [6, 6.07) is 13.2. The van der Waals surface area contributed by atoms with Gasteiger partial charge in [-0.15, -0.1) is 11.3 Å². The Morgan fingerprint density at radius 3 is 2.54 bits per heavy atom. The molecule has 0 saturated carbocycles. The Kier molecular flexibility index (Phi) is 6.21. The lowest BCUT2D eigenvalue weighted by Gasteiger charge is -2.13. The molecular weight excluding hydrogens is 373 g/mol. The molecule has 1 aromatic heterocycles. The normalized spacial score (nSPS) is 11.4. The second-order valence-corrected chi connectivity index (χ2v) is 8.52. The summed E-state index contributed by atoms with van der Waals surface area (Å²) in [5.41, 5.74) is 3.29. The lowest BCUT2D eigenvalue weighted by molar-refractivity contribution is 0.102. The zero-order chi connectivity index (χ0) is 20.1. The van der Waals surface area contributed by atoms with E-state index in [2.05, 4.69) is 41.8 Å². The van der Waals surface area contributed by atoms with E-state index in [1.807, 2.05) is 24.3 Å². The Morgan fingerprint density at radius 2 is 1.86 bits per heavy atom. The molecule has 0 fully saturated rings. The molecule has 3 aromatic rings. The predicted molar refractivity (Wildman–Crippen MR) is 112 cm³/mol. The maximum Gasteiger partial charge on any atom is 0.255 e. The Morgan fingerprint density at radius 1 is 1.11 bits per heavy atom. The van der Waals surface area contributed by atoms with Crippen LogP contribution < -0.4 is 10.6 Å². The number of anilines is 1. The Balaban J connectivity index is 1.55. The van der Waals surface area contributed by atoms with Gasteiger partial charge in [0.05, 0.1) is 10.7 Å². The fourth-order valence-electron chi connectivity index (χ4n) is 2.63. The molecular formula is C22H24FN3OS. The van der Waals surface area contributed by atoms with Gasteiger partial charge in [0, 0.05) is 35.1 Å². The molecule has 0 aliphatic carbocycles. The molecule has 0 saturated heterocycles. The summed E-state index contributed by atoms with van der Waals surface area (Å²) in [6.07, 6.45) is 0. The molecule has 2 N–H and O–H groups in total. The lowest BCUT2D eigenvalue weighted by atomic mass is 9.98. The van der Waals surface area contributed by atoms with E-state index in [1.165, 1.54) is 24.3 Å². The van der Waals surface area contributed by atoms with E-state index in [0.717, 1.165) is 16.3 Å². The van der Waals surface area contributed by atoms with Crippen molar-refractivity contribution in [3.05, 3.63) is 81.6 Å². The molecule has 0 unspecified atom stereocenters. The van der Waals surface area contributed by atoms with Gasteiger partial charge in [0.15, 0.2) is 0 Å². The van der Waals surface area contributed by atoms with Crippen molar-refractivity contribution < 1.29 is 9.18 Å². The van der Waals surface area contributed by atoms with Gasteiger partial charge in [-0.25, -0.2) is 9.37 Å². The summed E-state index contributed by atoms with van der Waals surface area (Å²) < 4.78 is 13.0. The van der Waals surface area contributed by atoms with Crippen LogP contribution in [-0.4, -0.2) is 10.9 Å². The van der Waals surface area contributed by atoms with E-state index in [-0.39, 0.29) is 17.1 Å². The third-order valence-electron chi connectivity index (χ3n) is 4.12. The molecule has 4 nitrogen and oxygen atoms in total. The van der Waals surface area contributed by atoms with Crippen LogP contribution in [0.1, 0.15) is 47.4 Å². The molecule has 0 bridgehead atoms. The van der Waals surface area contributed by atoms with E-state index >= 15 is 0 Å². The van der Waals surface area contributed by atoms with Crippen molar-refractivity contribution in [2.45, 2.75) is 39.3 Å². The van der Waals surface area contributed by atoms with Crippen molar-refractivity contribution in [2.75, 3.05) is 5.32 Å². The molecule has 6 heteroatoms. The van der Waals surface area contributed by atoms with E-state index in [1.54, 1.807) is 11.3 Å². The molecule has 28 heavy (non-hydrogen) atoms. The van der Waals surface area contributed by atoms with Crippen LogP contribution in [0.5, 0.6) is 0 Å². The minimum Gasteiger partial charge on any atom is -0.322 e. The van der Waals surface area contributed by atoms with Crippen LogP contribution in [0, 0.1) is 5.82 Å². The first-order valence-corrected chi connectivity index (χ1v) is 10.0. The number of hydrogen-bond donors (Lipinski definition) is 2. The highest BCUT2D eigenvalue weighted by molar-refractivity contribution is 7.09. The van der Waals surface area contributed by atoms with Crippen molar-refractivity contribution in [3.63, 3.8) is 0 Å². The summed E-state index contributed by atoms with van der Waals surface area (Å²) in [5, 5.41) is 9.46. The number of aromatic nitrogens is 1. The van der Waals surface area contributed by atoms with Gasteiger partial charge in [-0.3, -0.25) is 4.79 Å². The van der Waals surface area contributed by atoms with Crippen LogP contribution in [0.4, 0.5) is 10.1 Å². The van der Waals surface area contributed by atoms with Gasteiger partial charge in [0.2, 0.25) is 0 Å². The summed E-state index contributed by atoms with van der Waals surface area (Å²) in [7, 11) is 0. The summed E-state index contributed by atoms with van der Waals surface area (Å²) in [6.45, 7) is 7.85. The number of carbonyl (C=O) groups excluding carboxylic acids is 1. The molecule has 146 valence electrons. The Bertz CT molecular complexity index is 945. The molecule has 1 amide bonds. The smallest absolute Gasteiger partial charge is 0.255 e. The second-order valence-electron chi connectivity index (χ2n) is 7.66. The number of halogens is 1. The van der Waals surface area contributed by atoms with E-state index in [0.29, 0.717) is 24.3 Å². The highest BCUT2D eigenvalue weighted by Gasteiger charge is 2.17. The summed E-state index contributed by atoms with van der Waals surface area (Å²) in [4.78, 5) is 16.9. The summed E-state index contributed by atoms with van der Waals surface area (Å²) in [5.74, 6) is -0.623. The topological polar surface area (TPSA) is 54.0 Å². The van der Waals surface area contributed by atoms with Gasteiger partial charge in [0.1, 0.15) is 5.82 Å². The third-order valence-corrected chi connectivity index (χ3v) is 5.44. The number of benzene rings is 2. The number of hydrogen-bond acceptors (Lipinski definition) is 4. The van der Waals surface area contributed by atoms with Crippen molar-refractivity contribution in [3.8, 4) is 0 Å². The Hall–Kier alpha value is -2.57. The average molecular weight is 398 g/mol. The zero-order valence-electron chi connectivity index (χ0n) is 16.3. The van der Waals surface area contributed by atoms with Crippen molar-refractivity contribution in [1.29, 1.82) is 0 Å². The molecule has 1 heterocycles. The highest BCUT2D eigenvalue weighted by atomic mass is 32.1. The van der Waals surface area contributed by atoms with Crippen LogP contribution in [-0.2, 0) is 18.5 Å². The first-order chi connectivity index (χ1) is 13.3. The molecule has 0 aliphatic heterocycles. The number of nitrogens with one attached hydrogen (secondary N) is 2. The van der Waals surface area contributed by atoms with Crippen LogP contribution in [0.25, 0.3) is 0 Å². The maximum atomic E-state index is 13.0. The van der Waals surface area contributed by atoms with Gasteiger partial charge < -0.3 is 10.6 Å². The van der Waals surface area contributed by atoms with Gasteiger partial charge in [0.25, 0.3) is 5.91 Å². The SMILES string of the molecule is CC(C)(C)c1nc(CNCc2cccc(NC(=O)c3ccc(F)cc3)c2)cs1.